The van der Waals surface area contributed by atoms with E-state index < -0.39 is 5.97 Å². The zero-order valence-corrected chi connectivity index (χ0v) is 17.4. The fourth-order valence-electron chi connectivity index (χ4n) is 6.89. The van der Waals surface area contributed by atoms with Gasteiger partial charge in [-0.05, 0) is 73.3 Å². The number of carbonyl (C=O) groups is 1. The van der Waals surface area contributed by atoms with Crippen LogP contribution in [0.15, 0.2) is 36.4 Å². The van der Waals surface area contributed by atoms with Crippen molar-refractivity contribution in [3.05, 3.63) is 47.7 Å². The molecule has 4 aliphatic carbocycles. The van der Waals surface area contributed by atoms with E-state index in [1.54, 1.807) is 0 Å². The molecule has 1 aliphatic heterocycles. The summed E-state index contributed by atoms with van der Waals surface area (Å²) in [6.45, 7) is 6.04. The van der Waals surface area contributed by atoms with Gasteiger partial charge in [0, 0.05) is 35.3 Å². The highest BCUT2D eigenvalue weighted by Gasteiger charge is 2.71. The van der Waals surface area contributed by atoms with Crippen molar-refractivity contribution < 1.29 is 9.90 Å². The summed E-state index contributed by atoms with van der Waals surface area (Å²) >= 11 is 0. The van der Waals surface area contributed by atoms with E-state index in [1.807, 2.05) is 6.08 Å². The van der Waals surface area contributed by atoms with Crippen molar-refractivity contribution in [3.8, 4) is 0 Å². The van der Waals surface area contributed by atoms with Gasteiger partial charge in [0.25, 0.3) is 0 Å². The van der Waals surface area contributed by atoms with Crippen molar-refractivity contribution in [3.63, 3.8) is 0 Å². The van der Waals surface area contributed by atoms with Crippen LogP contribution in [0.1, 0.15) is 63.3 Å². The van der Waals surface area contributed by atoms with Crippen molar-refractivity contribution in [2.24, 2.45) is 16.2 Å². The Labute approximate surface area is 172 Å². The van der Waals surface area contributed by atoms with E-state index in [4.69, 9.17) is 5.11 Å². The molecule has 2 bridgehead atoms. The van der Waals surface area contributed by atoms with Crippen molar-refractivity contribution >= 4 is 16.9 Å². The highest BCUT2D eigenvalue weighted by molar-refractivity contribution is 5.85. The predicted molar refractivity (Wildman–Crippen MR) is 114 cm³/mol. The molecule has 152 valence electrons. The lowest BCUT2D eigenvalue weighted by atomic mass is 9.32. The van der Waals surface area contributed by atoms with Gasteiger partial charge < -0.3 is 10.1 Å². The smallest absolute Gasteiger partial charge is 0.327 e. The van der Waals surface area contributed by atoms with E-state index in [1.165, 1.54) is 47.6 Å². The molecule has 0 saturated heterocycles. The quantitative estimate of drug-likeness (QED) is 0.701. The third-order valence-corrected chi connectivity index (χ3v) is 8.46. The number of aromatic nitrogens is 1. The second-order valence-electron chi connectivity index (χ2n) is 10.9. The molecular formula is C25H30N2O2. The molecular weight excluding hydrogens is 360 g/mol. The maximum Gasteiger partial charge on any atom is 0.327 e. The molecule has 2 heterocycles. The lowest BCUT2D eigenvalue weighted by molar-refractivity contribution is -0.223. The van der Waals surface area contributed by atoms with Crippen LogP contribution in [-0.4, -0.2) is 33.5 Å². The predicted octanol–water partition coefficient (Wildman–Crippen LogP) is 5.07. The van der Waals surface area contributed by atoms with Gasteiger partial charge >= 0.3 is 5.97 Å². The monoisotopic (exact) mass is 390 g/mol. The van der Waals surface area contributed by atoms with Crippen LogP contribution >= 0.6 is 0 Å². The minimum Gasteiger partial charge on any atom is -0.478 e. The first kappa shape index (κ1) is 17.8. The zero-order chi connectivity index (χ0) is 20.0. The number of carboxylic acids is 1. The van der Waals surface area contributed by atoms with Gasteiger partial charge in [0.1, 0.15) is 0 Å². The van der Waals surface area contributed by atoms with Gasteiger partial charge in [-0.25, -0.2) is 4.79 Å². The number of fused-ring (bicyclic) bond motifs is 3. The van der Waals surface area contributed by atoms with E-state index in [0.717, 1.165) is 25.7 Å². The number of aliphatic carboxylic acids is 1. The van der Waals surface area contributed by atoms with E-state index in [0.29, 0.717) is 22.9 Å². The summed E-state index contributed by atoms with van der Waals surface area (Å²) in [4.78, 5) is 17.7. The summed E-state index contributed by atoms with van der Waals surface area (Å²) in [6, 6.07) is 9.74. The normalized spacial score (nSPS) is 37.2. The number of nitrogens with one attached hydrogen (secondary N) is 1. The van der Waals surface area contributed by atoms with E-state index in [9.17, 15) is 4.79 Å². The molecule has 2 atom stereocenters. The number of allylic oxidation sites excluding steroid dienone is 1. The third kappa shape index (κ3) is 2.51. The minimum absolute atomic E-state index is 0.139. The van der Waals surface area contributed by atoms with Crippen LogP contribution in [0.25, 0.3) is 10.9 Å². The Bertz CT molecular complexity index is 1020. The summed E-state index contributed by atoms with van der Waals surface area (Å²) < 4.78 is 0. The van der Waals surface area contributed by atoms with Gasteiger partial charge in [-0.2, -0.15) is 0 Å². The Balaban J connectivity index is 1.40. The third-order valence-electron chi connectivity index (χ3n) is 8.46. The molecule has 0 amide bonds. The number of rotatable bonds is 5. The van der Waals surface area contributed by atoms with E-state index in [2.05, 4.69) is 48.0 Å². The summed E-state index contributed by atoms with van der Waals surface area (Å²) in [7, 11) is 0. The fraction of sp³-hybridized carbons (Fsp3) is 0.560. The maximum absolute atomic E-state index is 11.0. The first-order chi connectivity index (χ1) is 13.8. The topological polar surface area (TPSA) is 56.3 Å². The number of benzene rings is 1. The Hall–Kier alpha value is -2.07. The van der Waals surface area contributed by atoms with Gasteiger partial charge in [0.15, 0.2) is 0 Å². The highest BCUT2D eigenvalue weighted by atomic mass is 16.4. The fourth-order valence-corrected chi connectivity index (χ4v) is 6.89. The van der Waals surface area contributed by atoms with Crippen molar-refractivity contribution in [2.45, 2.75) is 64.5 Å². The SMILES string of the molecule is CC1Cc2c([nH]c3ccccc23)C(C23CC(/C=C/C(=O)O)(C2)C3)N1CC1(C)CC1. The summed E-state index contributed by atoms with van der Waals surface area (Å²) in [6.07, 6.45) is 10.5. The highest BCUT2D eigenvalue weighted by Crippen LogP contribution is 2.79. The summed E-state index contributed by atoms with van der Waals surface area (Å²) in [5.74, 6) is -0.823. The lowest BCUT2D eigenvalue weighted by Gasteiger charge is -2.74. The van der Waals surface area contributed by atoms with Crippen LogP contribution in [0.4, 0.5) is 0 Å². The zero-order valence-electron chi connectivity index (χ0n) is 17.4. The van der Waals surface area contributed by atoms with Crippen LogP contribution in [-0.2, 0) is 11.2 Å². The van der Waals surface area contributed by atoms with Crippen LogP contribution in [0, 0.1) is 16.2 Å². The van der Waals surface area contributed by atoms with Crippen molar-refractivity contribution in [1.29, 1.82) is 0 Å². The molecule has 1 aromatic carbocycles. The van der Waals surface area contributed by atoms with Gasteiger partial charge in [-0.15, -0.1) is 0 Å². The standard InChI is InChI=1S/C25H30N2O2/c1-16-11-18-17-5-3-4-6-19(17)26-21(18)22(27(16)15-23(2)9-10-23)25-12-24(13-25,14-25)8-7-20(28)29/h3-8,16,22,26H,9-15H2,1-2H3,(H,28,29)/b8-7+. The number of nitrogens with zero attached hydrogens (tertiary/aromatic N) is 1. The molecule has 1 aromatic heterocycles. The molecule has 4 nitrogen and oxygen atoms in total. The molecule has 2 N–H and O–H groups in total. The molecule has 4 heteroatoms. The molecule has 4 saturated carbocycles. The number of hydrogen-bond acceptors (Lipinski definition) is 2. The Morgan fingerprint density at radius 2 is 2.00 bits per heavy atom. The van der Waals surface area contributed by atoms with Gasteiger partial charge in [0.2, 0.25) is 0 Å². The number of H-pyrrole nitrogens is 1. The Morgan fingerprint density at radius 3 is 2.69 bits per heavy atom. The average molecular weight is 391 g/mol. The number of para-hydroxylation sites is 1. The van der Waals surface area contributed by atoms with Gasteiger partial charge in [-0.1, -0.05) is 31.2 Å². The first-order valence-corrected chi connectivity index (χ1v) is 11.1. The molecule has 0 radical (unpaired) electrons. The second-order valence-corrected chi connectivity index (χ2v) is 10.9. The number of hydrogen-bond donors (Lipinski definition) is 2. The maximum atomic E-state index is 11.0. The number of carboxylic acid groups (broad SMARTS) is 1. The minimum atomic E-state index is -0.823. The lowest BCUT2D eigenvalue weighted by Crippen LogP contribution is -2.67. The Kier molecular flexibility index (Phi) is 3.39. The summed E-state index contributed by atoms with van der Waals surface area (Å²) in [5, 5.41) is 10.4. The van der Waals surface area contributed by atoms with Crippen LogP contribution < -0.4 is 0 Å². The van der Waals surface area contributed by atoms with Crippen molar-refractivity contribution in [2.75, 3.05) is 6.54 Å². The molecule has 2 aromatic rings. The molecule has 5 aliphatic rings. The average Bonchev–Trinajstić information content (AvgIpc) is 3.23. The Morgan fingerprint density at radius 1 is 1.28 bits per heavy atom. The molecule has 4 fully saturated rings. The molecule has 0 spiro atoms. The van der Waals surface area contributed by atoms with E-state index >= 15 is 0 Å². The first-order valence-electron chi connectivity index (χ1n) is 11.1. The largest absolute Gasteiger partial charge is 0.478 e. The molecule has 29 heavy (non-hydrogen) atoms. The van der Waals surface area contributed by atoms with Gasteiger partial charge in [0.05, 0.1) is 6.04 Å². The van der Waals surface area contributed by atoms with Crippen LogP contribution in [0.5, 0.6) is 0 Å². The summed E-state index contributed by atoms with van der Waals surface area (Å²) in [5.41, 5.74) is 5.17. The van der Waals surface area contributed by atoms with Crippen molar-refractivity contribution in [1.82, 2.24) is 9.88 Å². The van der Waals surface area contributed by atoms with E-state index in [-0.39, 0.29) is 5.41 Å². The van der Waals surface area contributed by atoms with Gasteiger partial charge in [-0.3, -0.25) is 4.90 Å². The molecule has 7 rings (SSSR count). The number of aromatic amines is 1. The van der Waals surface area contributed by atoms with Crippen LogP contribution in [0.3, 0.4) is 0 Å². The molecule has 2 unspecified atom stereocenters. The second kappa shape index (κ2) is 5.54. The van der Waals surface area contributed by atoms with Crippen LogP contribution in [0.2, 0.25) is 0 Å².